The summed E-state index contributed by atoms with van der Waals surface area (Å²) < 4.78 is 5.72. The van der Waals surface area contributed by atoms with Gasteiger partial charge in [0, 0.05) is 24.0 Å². The maximum atomic E-state index is 5.72. The average molecular weight is 216 g/mol. The number of nitrogens with one attached hydrogen (secondary N) is 1. The minimum atomic E-state index is 0.578. The second-order valence-electron chi connectivity index (χ2n) is 4.46. The summed E-state index contributed by atoms with van der Waals surface area (Å²) in [4.78, 5) is 4.21. The fraction of sp³-hybridized carbons (Fsp3) is 0.462. The molecule has 16 heavy (non-hydrogen) atoms. The van der Waals surface area contributed by atoms with Crippen LogP contribution in [0.1, 0.15) is 25.0 Å². The Bertz CT molecular complexity index is 438. The Hall–Kier alpha value is -1.35. The number of hydrogen-bond donors (Lipinski definition) is 1. The largest absolute Gasteiger partial charge is 0.443 e. The molecule has 0 amide bonds. The lowest BCUT2D eigenvalue weighted by molar-refractivity contribution is 0.377. The first kappa shape index (κ1) is 9.85. The number of aromatic nitrogens is 1. The van der Waals surface area contributed by atoms with Gasteiger partial charge < -0.3 is 9.73 Å². The monoisotopic (exact) mass is 216 g/mol. The number of hydrogen-bond acceptors (Lipinski definition) is 3. The van der Waals surface area contributed by atoms with Gasteiger partial charge in [-0.1, -0.05) is 6.42 Å². The molecule has 2 aromatic heterocycles. The Labute approximate surface area is 94.9 Å². The summed E-state index contributed by atoms with van der Waals surface area (Å²) in [6.07, 6.45) is 6.64. The van der Waals surface area contributed by atoms with E-state index in [1.807, 2.05) is 12.1 Å². The maximum absolute atomic E-state index is 5.72. The zero-order chi connectivity index (χ0) is 10.8. The predicted octanol–water partition coefficient (Wildman–Crippen LogP) is 2.51. The molecule has 3 heteroatoms. The molecule has 84 valence electrons. The number of nitrogens with zero attached hydrogens (tertiary/aromatic N) is 1. The van der Waals surface area contributed by atoms with Crippen molar-refractivity contribution >= 4 is 11.1 Å². The van der Waals surface area contributed by atoms with E-state index in [1.54, 1.807) is 6.20 Å². The number of fused-ring (bicyclic) bond motifs is 1. The summed E-state index contributed by atoms with van der Waals surface area (Å²) in [7, 11) is 0. The molecule has 2 aromatic rings. The minimum Gasteiger partial charge on any atom is -0.443 e. The van der Waals surface area contributed by atoms with Crippen LogP contribution in [0.2, 0.25) is 0 Å². The molecule has 3 rings (SSSR count). The van der Waals surface area contributed by atoms with E-state index in [4.69, 9.17) is 4.42 Å². The van der Waals surface area contributed by atoms with E-state index in [-0.39, 0.29) is 0 Å². The molecule has 3 nitrogen and oxygen atoms in total. The average Bonchev–Trinajstić information content (AvgIpc) is 2.72. The second kappa shape index (κ2) is 4.26. The summed E-state index contributed by atoms with van der Waals surface area (Å²) in [5.74, 6) is 1.05. The van der Waals surface area contributed by atoms with Crippen molar-refractivity contribution in [3.05, 3.63) is 30.2 Å². The third-order valence-electron chi connectivity index (χ3n) is 3.20. The van der Waals surface area contributed by atoms with E-state index in [0.717, 1.165) is 29.8 Å². The van der Waals surface area contributed by atoms with Gasteiger partial charge in [0.05, 0.1) is 0 Å². The van der Waals surface area contributed by atoms with E-state index in [0.29, 0.717) is 6.04 Å². The van der Waals surface area contributed by atoms with Gasteiger partial charge in [-0.2, -0.15) is 0 Å². The summed E-state index contributed by atoms with van der Waals surface area (Å²) in [6, 6.07) is 6.68. The van der Waals surface area contributed by atoms with Crippen LogP contribution in [-0.4, -0.2) is 17.6 Å². The normalized spacial score (nSPS) is 21.4. The van der Waals surface area contributed by atoms with Gasteiger partial charge in [-0.05, 0) is 37.6 Å². The number of pyridine rings is 1. The lowest BCUT2D eigenvalue weighted by atomic mass is 10.0. The van der Waals surface area contributed by atoms with Crippen LogP contribution in [0.3, 0.4) is 0 Å². The summed E-state index contributed by atoms with van der Waals surface area (Å²) in [5, 5.41) is 4.64. The quantitative estimate of drug-likeness (QED) is 0.838. The van der Waals surface area contributed by atoms with Gasteiger partial charge in [-0.3, -0.25) is 0 Å². The SMILES string of the molecule is c1cnc2oc(CC3CCCCN3)cc2c1. The summed E-state index contributed by atoms with van der Waals surface area (Å²) >= 11 is 0. The Kier molecular flexibility index (Phi) is 2.62. The molecule has 0 bridgehead atoms. The fourth-order valence-corrected chi connectivity index (χ4v) is 2.37. The molecular weight excluding hydrogens is 200 g/mol. The molecule has 0 aliphatic carbocycles. The second-order valence-corrected chi connectivity index (χ2v) is 4.46. The Morgan fingerprint density at radius 1 is 1.44 bits per heavy atom. The highest BCUT2D eigenvalue weighted by Gasteiger charge is 2.15. The van der Waals surface area contributed by atoms with Gasteiger partial charge in [0.15, 0.2) is 0 Å². The maximum Gasteiger partial charge on any atom is 0.226 e. The van der Waals surface area contributed by atoms with Crippen LogP contribution in [0.15, 0.2) is 28.8 Å². The predicted molar refractivity (Wildman–Crippen MR) is 63.4 cm³/mol. The van der Waals surface area contributed by atoms with Gasteiger partial charge in [0.1, 0.15) is 5.76 Å². The van der Waals surface area contributed by atoms with Crippen molar-refractivity contribution in [2.75, 3.05) is 6.54 Å². The van der Waals surface area contributed by atoms with Crippen molar-refractivity contribution in [1.29, 1.82) is 0 Å². The molecule has 1 aliphatic heterocycles. The lowest BCUT2D eigenvalue weighted by Gasteiger charge is -2.22. The van der Waals surface area contributed by atoms with Crippen LogP contribution in [0.4, 0.5) is 0 Å². The van der Waals surface area contributed by atoms with Crippen molar-refractivity contribution < 1.29 is 4.42 Å². The number of furan rings is 1. The van der Waals surface area contributed by atoms with Crippen LogP contribution >= 0.6 is 0 Å². The minimum absolute atomic E-state index is 0.578. The molecule has 0 aromatic carbocycles. The van der Waals surface area contributed by atoms with Crippen molar-refractivity contribution in [3.63, 3.8) is 0 Å². The highest BCUT2D eigenvalue weighted by atomic mass is 16.3. The van der Waals surface area contributed by atoms with E-state index < -0.39 is 0 Å². The Balaban J connectivity index is 1.78. The molecule has 1 N–H and O–H groups in total. The van der Waals surface area contributed by atoms with E-state index >= 15 is 0 Å². The molecule has 1 fully saturated rings. The lowest BCUT2D eigenvalue weighted by Crippen LogP contribution is -2.35. The van der Waals surface area contributed by atoms with Gasteiger partial charge in [-0.25, -0.2) is 4.98 Å². The van der Waals surface area contributed by atoms with Crippen LogP contribution in [0.25, 0.3) is 11.1 Å². The van der Waals surface area contributed by atoms with Gasteiger partial charge in [0.25, 0.3) is 0 Å². The van der Waals surface area contributed by atoms with Crippen LogP contribution in [-0.2, 0) is 6.42 Å². The Morgan fingerprint density at radius 2 is 2.44 bits per heavy atom. The van der Waals surface area contributed by atoms with Crippen molar-refractivity contribution in [1.82, 2.24) is 10.3 Å². The van der Waals surface area contributed by atoms with Crippen LogP contribution < -0.4 is 5.32 Å². The van der Waals surface area contributed by atoms with Crippen molar-refractivity contribution in [2.24, 2.45) is 0 Å². The van der Waals surface area contributed by atoms with Gasteiger partial charge >= 0.3 is 0 Å². The van der Waals surface area contributed by atoms with Gasteiger partial charge in [0.2, 0.25) is 5.71 Å². The number of rotatable bonds is 2. The zero-order valence-electron chi connectivity index (χ0n) is 9.28. The first-order chi connectivity index (χ1) is 7.92. The van der Waals surface area contributed by atoms with Crippen molar-refractivity contribution in [3.8, 4) is 0 Å². The fourth-order valence-electron chi connectivity index (χ4n) is 2.37. The zero-order valence-corrected chi connectivity index (χ0v) is 9.28. The third kappa shape index (κ3) is 1.95. The van der Waals surface area contributed by atoms with E-state index in [2.05, 4.69) is 16.4 Å². The van der Waals surface area contributed by atoms with Crippen LogP contribution in [0, 0.1) is 0 Å². The smallest absolute Gasteiger partial charge is 0.226 e. The summed E-state index contributed by atoms with van der Waals surface area (Å²) in [5.41, 5.74) is 0.758. The van der Waals surface area contributed by atoms with E-state index in [1.165, 1.54) is 19.3 Å². The van der Waals surface area contributed by atoms with Crippen LogP contribution in [0.5, 0.6) is 0 Å². The van der Waals surface area contributed by atoms with Crippen molar-refractivity contribution in [2.45, 2.75) is 31.7 Å². The number of piperidine rings is 1. The first-order valence-corrected chi connectivity index (χ1v) is 5.99. The third-order valence-corrected chi connectivity index (χ3v) is 3.20. The van der Waals surface area contributed by atoms with E-state index in [9.17, 15) is 0 Å². The molecule has 1 saturated heterocycles. The molecule has 1 unspecified atom stereocenters. The summed E-state index contributed by atoms with van der Waals surface area (Å²) in [6.45, 7) is 1.14. The topological polar surface area (TPSA) is 38.1 Å². The highest BCUT2D eigenvalue weighted by Crippen LogP contribution is 2.19. The Morgan fingerprint density at radius 3 is 3.25 bits per heavy atom. The molecule has 3 heterocycles. The molecule has 0 spiro atoms. The van der Waals surface area contributed by atoms with Gasteiger partial charge in [-0.15, -0.1) is 0 Å². The molecule has 1 aliphatic rings. The molecule has 0 saturated carbocycles. The molecule has 0 radical (unpaired) electrons. The first-order valence-electron chi connectivity index (χ1n) is 5.99. The standard InChI is InChI=1S/C13H16N2O/c1-2-6-14-11(5-1)9-12-8-10-4-3-7-15-13(10)16-12/h3-4,7-8,11,14H,1-2,5-6,9H2. The highest BCUT2D eigenvalue weighted by molar-refractivity contribution is 5.73. The molecule has 1 atom stereocenters. The molecular formula is C13H16N2O.